The average molecular weight is 384 g/mol. The summed E-state index contributed by atoms with van der Waals surface area (Å²) in [5.41, 5.74) is 8.18. The van der Waals surface area contributed by atoms with Crippen molar-refractivity contribution in [1.29, 1.82) is 0 Å². The van der Waals surface area contributed by atoms with E-state index < -0.39 is 0 Å². The third kappa shape index (κ3) is 4.40. The Hall–Kier alpha value is -3.00. The molecule has 0 aliphatic carbocycles. The topological polar surface area (TPSA) is 97.1 Å². The zero-order valence-corrected chi connectivity index (χ0v) is 16.1. The number of carbonyl (C=O) groups excluding carboxylic acids is 2. The fraction of sp³-hybridized carbons (Fsp3) is 0.263. The quantitative estimate of drug-likeness (QED) is 0.659. The van der Waals surface area contributed by atoms with Crippen LogP contribution in [0, 0.1) is 20.8 Å². The number of carbonyl (C=O) groups is 2. The Morgan fingerprint density at radius 3 is 2.48 bits per heavy atom. The Balaban J connectivity index is 1.56. The monoisotopic (exact) mass is 384 g/mol. The molecule has 0 fully saturated rings. The van der Waals surface area contributed by atoms with Gasteiger partial charge in [0.05, 0.1) is 11.4 Å². The number of amides is 2. The van der Waals surface area contributed by atoms with Crippen molar-refractivity contribution in [2.75, 3.05) is 0 Å². The van der Waals surface area contributed by atoms with Gasteiger partial charge in [0.2, 0.25) is 5.91 Å². The standard InChI is InChI=1S/C19H20N4O3S/c1-11-15(13(3)26-23-11)9-10-16(24)21-22-18(25)17-12(2)20-19(27-17)14-7-5-4-6-8-14/h4-8H,9-10H2,1-3H3,(H,21,24)(H,22,25). The molecule has 1 aromatic carbocycles. The molecule has 0 spiro atoms. The number of hydrogen-bond donors (Lipinski definition) is 2. The van der Waals surface area contributed by atoms with E-state index in [-0.39, 0.29) is 18.2 Å². The number of hydrogen-bond acceptors (Lipinski definition) is 6. The van der Waals surface area contributed by atoms with Crippen molar-refractivity contribution in [3.8, 4) is 10.6 Å². The molecule has 0 atom stereocenters. The summed E-state index contributed by atoms with van der Waals surface area (Å²) in [6.45, 7) is 5.42. The van der Waals surface area contributed by atoms with Gasteiger partial charge in [-0.25, -0.2) is 4.98 Å². The average Bonchev–Trinajstić information content (AvgIpc) is 3.21. The van der Waals surface area contributed by atoms with E-state index in [1.54, 1.807) is 6.92 Å². The van der Waals surface area contributed by atoms with E-state index in [4.69, 9.17) is 4.52 Å². The summed E-state index contributed by atoms with van der Waals surface area (Å²) in [4.78, 5) is 29.3. The second-order valence-corrected chi connectivity index (χ2v) is 7.10. The molecule has 2 aromatic heterocycles. The number of benzene rings is 1. The molecular weight excluding hydrogens is 364 g/mol. The SMILES string of the molecule is Cc1nc(-c2ccccc2)sc1C(=O)NNC(=O)CCc1c(C)noc1C. The lowest BCUT2D eigenvalue weighted by atomic mass is 10.1. The Morgan fingerprint density at radius 1 is 1.07 bits per heavy atom. The third-order valence-corrected chi connectivity index (χ3v) is 5.33. The van der Waals surface area contributed by atoms with Gasteiger partial charge in [-0.15, -0.1) is 11.3 Å². The van der Waals surface area contributed by atoms with E-state index in [2.05, 4.69) is 21.0 Å². The number of nitrogens with zero attached hydrogens (tertiary/aromatic N) is 2. The van der Waals surface area contributed by atoms with Gasteiger partial charge >= 0.3 is 0 Å². The molecule has 3 rings (SSSR count). The van der Waals surface area contributed by atoms with E-state index in [0.29, 0.717) is 22.8 Å². The fourth-order valence-corrected chi connectivity index (χ4v) is 3.62. The minimum absolute atomic E-state index is 0.222. The summed E-state index contributed by atoms with van der Waals surface area (Å²) < 4.78 is 5.08. The first kappa shape index (κ1) is 18.8. The minimum Gasteiger partial charge on any atom is -0.361 e. The van der Waals surface area contributed by atoms with Crippen LogP contribution in [0.3, 0.4) is 0 Å². The Kier molecular flexibility index (Phi) is 5.66. The van der Waals surface area contributed by atoms with Gasteiger partial charge in [-0.3, -0.25) is 20.4 Å². The molecule has 0 bridgehead atoms. The highest BCUT2D eigenvalue weighted by Gasteiger charge is 2.17. The van der Waals surface area contributed by atoms with Crippen molar-refractivity contribution >= 4 is 23.2 Å². The summed E-state index contributed by atoms with van der Waals surface area (Å²) in [6.07, 6.45) is 0.723. The summed E-state index contributed by atoms with van der Waals surface area (Å²) in [5.74, 6) is 0.0460. The van der Waals surface area contributed by atoms with Crippen LogP contribution in [-0.2, 0) is 11.2 Å². The summed E-state index contributed by atoms with van der Waals surface area (Å²) in [5, 5.41) is 4.63. The lowest BCUT2D eigenvalue weighted by Gasteiger charge is -2.06. The normalized spacial score (nSPS) is 10.6. The molecule has 27 heavy (non-hydrogen) atoms. The van der Waals surface area contributed by atoms with Crippen LogP contribution in [0.15, 0.2) is 34.9 Å². The van der Waals surface area contributed by atoms with Gasteiger partial charge in [0, 0.05) is 17.5 Å². The highest BCUT2D eigenvalue weighted by molar-refractivity contribution is 7.17. The van der Waals surface area contributed by atoms with Crippen LogP contribution in [0.1, 0.15) is 38.8 Å². The van der Waals surface area contributed by atoms with Gasteiger partial charge in [-0.2, -0.15) is 0 Å². The van der Waals surface area contributed by atoms with Gasteiger partial charge in [-0.1, -0.05) is 35.5 Å². The van der Waals surface area contributed by atoms with Crippen molar-refractivity contribution in [3.63, 3.8) is 0 Å². The molecule has 0 unspecified atom stereocenters. The van der Waals surface area contributed by atoms with Gasteiger partial charge in [-0.05, 0) is 27.2 Å². The molecule has 2 N–H and O–H groups in total. The maximum absolute atomic E-state index is 12.4. The molecular formula is C19H20N4O3S. The maximum Gasteiger partial charge on any atom is 0.281 e. The smallest absolute Gasteiger partial charge is 0.281 e. The fourth-order valence-electron chi connectivity index (χ4n) is 2.65. The van der Waals surface area contributed by atoms with Crippen LogP contribution in [0.4, 0.5) is 0 Å². The van der Waals surface area contributed by atoms with Gasteiger partial charge in [0.15, 0.2) is 0 Å². The third-order valence-electron chi connectivity index (χ3n) is 4.12. The maximum atomic E-state index is 12.4. The Bertz CT molecular complexity index is 943. The van der Waals surface area contributed by atoms with E-state index in [9.17, 15) is 9.59 Å². The van der Waals surface area contributed by atoms with E-state index in [1.165, 1.54) is 11.3 Å². The number of aryl methyl sites for hydroxylation is 3. The second kappa shape index (κ2) is 8.13. The molecule has 2 amide bonds. The minimum atomic E-state index is -0.377. The summed E-state index contributed by atoms with van der Waals surface area (Å²) in [7, 11) is 0. The predicted molar refractivity (Wildman–Crippen MR) is 102 cm³/mol. The van der Waals surface area contributed by atoms with E-state index in [0.717, 1.165) is 21.8 Å². The van der Waals surface area contributed by atoms with Gasteiger partial charge in [0.1, 0.15) is 15.6 Å². The summed E-state index contributed by atoms with van der Waals surface area (Å²) >= 11 is 1.29. The number of nitrogens with one attached hydrogen (secondary N) is 2. The first-order valence-electron chi connectivity index (χ1n) is 8.49. The number of aromatic nitrogens is 2. The van der Waals surface area contributed by atoms with Crippen molar-refractivity contribution in [2.24, 2.45) is 0 Å². The molecule has 3 aromatic rings. The van der Waals surface area contributed by atoms with Crippen LogP contribution in [0.2, 0.25) is 0 Å². The number of thiazole rings is 1. The van der Waals surface area contributed by atoms with Gasteiger partial charge < -0.3 is 4.52 Å². The number of hydrazine groups is 1. The summed E-state index contributed by atoms with van der Waals surface area (Å²) in [6, 6.07) is 9.65. The van der Waals surface area contributed by atoms with Crippen molar-refractivity contribution < 1.29 is 14.1 Å². The molecule has 7 nitrogen and oxygen atoms in total. The van der Waals surface area contributed by atoms with Gasteiger partial charge in [0.25, 0.3) is 5.91 Å². The first-order chi connectivity index (χ1) is 13.0. The van der Waals surface area contributed by atoms with Crippen molar-refractivity contribution in [2.45, 2.75) is 33.6 Å². The molecule has 2 heterocycles. The van der Waals surface area contributed by atoms with Crippen LogP contribution in [0.5, 0.6) is 0 Å². The molecule has 0 saturated heterocycles. The van der Waals surface area contributed by atoms with Crippen molar-refractivity contribution in [3.05, 3.63) is 57.9 Å². The second-order valence-electron chi connectivity index (χ2n) is 6.10. The van der Waals surface area contributed by atoms with E-state index in [1.807, 2.05) is 44.2 Å². The lowest BCUT2D eigenvalue weighted by molar-refractivity contribution is -0.121. The zero-order valence-electron chi connectivity index (χ0n) is 15.3. The highest BCUT2D eigenvalue weighted by atomic mass is 32.1. The largest absolute Gasteiger partial charge is 0.361 e. The predicted octanol–water partition coefficient (Wildman–Crippen LogP) is 3.12. The number of rotatable bonds is 5. The molecule has 0 saturated carbocycles. The first-order valence-corrected chi connectivity index (χ1v) is 9.31. The zero-order chi connectivity index (χ0) is 19.4. The van der Waals surface area contributed by atoms with Crippen LogP contribution in [-0.4, -0.2) is 22.0 Å². The lowest BCUT2D eigenvalue weighted by Crippen LogP contribution is -2.41. The van der Waals surface area contributed by atoms with Crippen LogP contribution < -0.4 is 10.9 Å². The molecule has 0 radical (unpaired) electrons. The highest BCUT2D eigenvalue weighted by Crippen LogP contribution is 2.27. The Labute approximate surface area is 160 Å². The molecule has 0 aliphatic heterocycles. The molecule has 8 heteroatoms. The van der Waals surface area contributed by atoms with Crippen molar-refractivity contribution in [1.82, 2.24) is 21.0 Å². The van der Waals surface area contributed by atoms with E-state index >= 15 is 0 Å². The molecule has 0 aliphatic rings. The molecule has 140 valence electrons. The van der Waals surface area contributed by atoms with Crippen LogP contribution >= 0.6 is 11.3 Å². The van der Waals surface area contributed by atoms with Crippen LogP contribution in [0.25, 0.3) is 10.6 Å². The Morgan fingerprint density at radius 2 is 1.81 bits per heavy atom.